The van der Waals surface area contributed by atoms with Crippen molar-refractivity contribution < 1.29 is 22.0 Å². The predicted octanol–water partition coefficient (Wildman–Crippen LogP) is 6.16. The van der Waals surface area contributed by atoms with Crippen molar-refractivity contribution in [3.8, 4) is 0 Å². The molecule has 5 rings (SSSR count). The van der Waals surface area contributed by atoms with E-state index < -0.39 is 27.6 Å². The molecule has 2 aromatic carbocycles. The molecule has 0 spiro atoms. The fourth-order valence-corrected chi connectivity index (χ4v) is 7.71. The third kappa shape index (κ3) is 5.70. The normalized spacial score (nSPS) is 14.7. The van der Waals surface area contributed by atoms with Gasteiger partial charge in [-0.1, -0.05) is 43.6 Å². The number of amides is 1. The lowest BCUT2D eigenvalue weighted by atomic mass is 9.95. The number of hydrogen-bond acceptors (Lipinski definition) is 6. The number of carbonyl (C=O) groups excluding carboxylic acids is 1. The molecule has 1 saturated carbocycles. The number of benzene rings is 2. The summed E-state index contributed by atoms with van der Waals surface area (Å²) in [6, 6.07) is 11.3. The zero-order valence-corrected chi connectivity index (χ0v) is 23.0. The van der Waals surface area contributed by atoms with Crippen molar-refractivity contribution in [2.75, 3.05) is 11.4 Å². The van der Waals surface area contributed by atoms with E-state index >= 15 is 0 Å². The molecule has 0 atom stereocenters. The van der Waals surface area contributed by atoms with Crippen LogP contribution in [0.1, 0.15) is 54.9 Å². The third-order valence-corrected chi connectivity index (χ3v) is 10.0. The molecule has 11 heteroatoms. The summed E-state index contributed by atoms with van der Waals surface area (Å²) in [7, 11) is -3.73. The standard InChI is InChI=1S/C28H28F2N4O3S2/c1-2-34(22-8-4-3-5-9-22)39(36,37)23-12-10-20(11-13-23)27(35)33(18-19-7-6-14-31-17-19)28-32-26-24(30)15-21(29)16-25(26)38-28/h6-7,10-17,22H,2-5,8-9,18H2,1H3. The quantitative estimate of drug-likeness (QED) is 0.253. The highest BCUT2D eigenvalue weighted by molar-refractivity contribution is 7.89. The maximum atomic E-state index is 14.4. The number of rotatable bonds is 8. The monoisotopic (exact) mass is 570 g/mol. The van der Waals surface area contributed by atoms with Crippen LogP contribution in [-0.2, 0) is 16.6 Å². The Bertz CT molecular complexity index is 1570. The van der Waals surface area contributed by atoms with Crippen LogP contribution >= 0.6 is 11.3 Å². The second kappa shape index (κ2) is 11.4. The second-order valence-corrected chi connectivity index (χ2v) is 12.4. The number of thiazole rings is 1. The van der Waals surface area contributed by atoms with E-state index in [9.17, 15) is 22.0 Å². The van der Waals surface area contributed by atoms with E-state index in [2.05, 4.69) is 9.97 Å². The molecule has 2 aromatic heterocycles. The Morgan fingerprint density at radius 1 is 1.08 bits per heavy atom. The van der Waals surface area contributed by atoms with E-state index in [0.29, 0.717) is 12.1 Å². The van der Waals surface area contributed by atoms with Gasteiger partial charge in [0.25, 0.3) is 5.91 Å². The fraction of sp³-hybridized carbons (Fsp3) is 0.321. The van der Waals surface area contributed by atoms with E-state index in [1.54, 1.807) is 28.8 Å². The van der Waals surface area contributed by atoms with E-state index in [1.807, 2.05) is 6.92 Å². The Morgan fingerprint density at radius 2 is 1.82 bits per heavy atom. The van der Waals surface area contributed by atoms with Gasteiger partial charge in [0.05, 0.1) is 16.1 Å². The van der Waals surface area contributed by atoms with Gasteiger partial charge in [0, 0.05) is 36.6 Å². The van der Waals surface area contributed by atoms with Crippen LogP contribution in [0.2, 0.25) is 0 Å². The van der Waals surface area contributed by atoms with Gasteiger partial charge in [-0.05, 0) is 54.8 Å². The van der Waals surface area contributed by atoms with Crippen LogP contribution < -0.4 is 4.90 Å². The predicted molar refractivity (Wildman–Crippen MR) is 147 cm³/mol. The highest BCUT2D eigenvalue weighted by Gasteiger charge is 2.31. The van der Waals surface area contributed by atoms with E-state index in [-0.39, 0.29) is 38.4 Å². The van der Waals surface area contributed by atoms with Crippen molar-refractivity contribution in [2.24, 2.45) is 0 Å². The van der Waals surface area contributed by atoms with Crippen molar-refractivity contribution in [2.45, 2.75) is 56.5 Å². The highest BCUT2D eigenvalue weighted by atomic mass is 32.2. The summed E-state index contributed by atoms with van der Waals surface area (Å²) in [6.45, 7) is 2.30. The molecule has 39 heavy (non-hydrogen) atoms. The van der Waals surface area contributed by atoms with Crippen LogP contribution in [0.15, 0.2) is 65.8 Å². The largest absolute Gasteiger partial charge is 0.279 e. The zero-order chi connectivity index (χ0) is 27.6. The lowest BCUT2D eigenvalue weighted by Gasteiger charge is -2.32. The van der Waals surface area contributed by atoms with Crippen LogP contribution in [0.5, 0.6) is 0 Å². The van der Waals surface area contributed by atoms with Gasteiger partial charge in [-0.25, -0.2) is 22.2 Å². The molecule has 1 amide bonds. The Hall–Kier alpha value is -3.28. The molecule has 0 N–H and O–H groups in total. The summed E-state index contributed by atoms with van der Waals surface area (Å²) in [4.78, 5) is 23.6. The molecule has 0 radical (unpaired) electrons. The topological polar surface area (TPSA) is 83.5 Å². The molecular weight excluding hydrogens is 542 g/mol. The molecule has 204 valence electrons. The molecule has 2 heterocycles. The number of halogens is 2. The third-order valence-electron chi connectivity index (χ3n) is 6.94. The maximum absolute atomic E-state index is 14.4. The molecular formula is C28H28F2N4O3S2. The Morgan fingerprint density at radius 3 is 2.49 bits per heavy atom. The lowest BCUT2D eigenvalue weighted by molar-refractivity contribution is 0.0985. The van der Waals surface area contributed by atoms with Crippen molar-refractivity contribution in [1.82, 2.24) is 14.3 Å². The molecule has 0 saturated heterocycles. The van der Waals surface area contributed by atoms with Crippen molar-refractivity contribution >= 4 is 42.6 Å². The molecule has 1 aliphatic carbocycles. The fourth-order valence-electron chi connectivity index (χ4n) is 5.02. The van der Waals surface area contributed by atoms with Gasteiger partial charge in [0.1, 0.15) is 11.3 Å². The summed E-state index contributed by atoms with van der Waals surface area (Å²) in [5.41, 5.74) is 0.927. The Balaban J connectivity index is 1.47. The van der Waals surface area contributed by atoms with Gasteiger partial charge in [0.2, 0.25) is 10.0 Å². The molecule has 0 unspecified atom stereocenters. The summed E-state index contributed by atoms with van der Waals surface area (Å²) >= 11 is 0.997. The molecule has 0 aliphatic heterocycles. The van der Waals surface area contributed by atoms with Gasteiger partial charge in [0.15, 0.2) is 10.9 Å². The number of sulfonamides is 1. The first-order valence-electron chi connectivity index (χ1n) is 12.9. The molecule has 1 aliphatic rings. The molecule has 0 bridgehead atoms. The molecule has 1 fully saturated rings. The van der Waals surface area contributed by atoms with E-state index in [4.69, 9.17) is 0 Å². The average Bonchev–Trinajstić information content (AvgIpc) is 3.37. The number of hydrogen-bond donors (Lipinski definition) is 0. The minimum absolute atomic E-state index is 0.0192. The van der Waals surface area contributed by atoms with Gasteiger partial charge >= 0.3 is 0 Å². The number of pyridine rings is 1. The summed E-state index contributed by atoms with van der Waals surface area (Å²) in [6.07, 6.45) is 8.06. The lowest BCUT2D eigenvalue weighted by Crippen LogP contribution is -2.41. The Labute approximate surface area is 230 Å². The van der Waals surface area contributed by atoms with Gasteiger partial charge in [-0.3, -0.25) is 14.7 Å². The first-order valence-corrected chi connectivity index (χ1v) is 15.1. The smallest absolute Gasteiger partial charge is 0.260 e. The van der Waals surface area contributed by atoms with Crippen LogP contribution in [0.4, 0.5) is 13.9 Å². The zero-order valence-electron chi connectivity index (χ0n) is 21.4. The second-order valence-electron chi connectivity index (χ2n) is 9.51. The van der Waals surface area contributed by atoms with E-state index in [1.165, 1.54) is 35.2 Å². The van der Waals surface area contributed by atoms with Crippen molar-refractivity contribution in [3.63, 3.8) is 0 Å². The van der Waals surface area contributed by atoms with Crippen molar-refractivity contribution in [3.05, 3.63) is 83.7 Å². The average molecular weight is 571 g/mol. The number of carbonyl (C=O) groups is 1. The summed E-state index contributed by atoms with van der Waals surface area (Å²) in [5, 5.41) is 0.189. The summed E-state index contributed by atoms with van der Waals surface area (Å²) < 4.78 is 56.9. The molecule has 4 aromatic rings. The van der Waals surface area contributed by atoms with Gasteiger partial charge < -0.3 is 0 Å². The summed E-state index contributed by atoms with van der Waals surface area (Å²) in [5.74, 6) is -2.00. The SMILES string of the molecule is CCN(C1CCCCC1)S(=O)(=O)c1ccc(C(=O)N(Cc2cccnc2)c2nc3c(F)cc(F)cc3s2)cc1. The van der Waals surface area contributed by atoms with Crippen molar-refractivity contribution in [1.29, 1.82) is 0 Å². The number of nitrogens with zero attached hydrogens (tertiary/aromatic N) is 4. The highest BCUT2D eigenvalue weighted by Crippen LogP contribution is 2.33. The van der Waals surface area contributed by atoms with Crippen LogP contribution in [-0.4, -0.2) is 41.2 Å². The van der Waals surface area contributed by atoms with Crippen LogP contribution in [0.3, 0.4) is 0 Å². The maximum Gasteiger partial charge on any atom is 0.260 e. The Kier molecular flexibility index (Phi) is 8.01. The van der Waals surface area contributed by atoms with Crippen LogP contribution in [0.25, 0.3) is 10.2 Å². The molecule has 7 nitrogen and oxygen atoms in total. The first-order chi connectivity index (χ1) is 18.8. The van der Waals surface area contributed by atoms with E-state index in [0.717, 1.165) is 49.5 Å². The minimum atomic E-state index is -3.73. The van der Waals surface area contributed by atoms with Crippen LogP contribution in [0, 0.1) is 11.6 Å². The minimum Gasteiger partial charge on any atom is -0.279 e. The first kappa shape index (κ1) is 27.3. The van der Waals surface area contributed by atoms with Gasteiger partial charge in [-0.15, -0.1) is 0 Å². The number of anilines is 1. The van der Waals surface area contributed by atoms with Gasteiger partial charge in [-0.2, -0.15) is 4.31 Å². The number of fused-ring (bicyclic) bond motifs is 1. The number of aromatic nitrogens is 2.